The van der Waals surface area contributed by atoms with E-state index < -0.39 is 5.97 Å². The Bertz CT molecular complexity index is 360. The molecule has 5 N–H and O–H groups in total. The van der Waals surface area contributed by atoms with Gasteiger partial charge in [-0.05, 0) is 26.2 Å². The molecule has 0 aromatic rings. The molecule has 0 saturated carbocycles. The minimum Gasteiger partial charge on any atom is -0.483 e. The Hall–Kier alpha value is -2.12. The molecular weight excluding hydrogens is 304 g/mol. The number of nitrogens with two attached hydrogens (primary N) is 1. The van der Waals surface area contributed by atoms with Crippen molar-refractivity contribution in [3.05, 3.63) is 0 Å². The lowest BCUT2D eigenvalue weighted by Gasteiger charge is -2.12. The van der Waals surface area contributed by atoms with Crippen LogP contribution in [0.15, 0.2) is 0 Å². The third-order valence-electron chi connectivity index (χ3n) is 3.03. The number of carboxylic acid groups (broad SMARTS) is 2. The Morgan fingerprint density at radius 3 is 2.00 bits per heavy atom. The second kappa shape index (κ2) is 16.3. The van der Waals surface area contributed by atoms with Gasteiger partial charge in [0.2, 0.25) is 11.8 Å². The van der Waals surface area contributed by atoms with Gasteiger partial charge in [0.15, 0.2) is 0 Å². The SMILES string of the molecule is C[C@H](CCC(N)=O)NC(=O)CCCCCCCC(=O)O.O=CO. The van der Waals surface area contributed by atoms with Crippen LogP contribution < -0.4 is 11.1 Å². The Morgan fingerprint density at radius 1 is 1.04 bits per heavy atom. The van der Waals surface area contributed by atoms with Gasteiger partial charge in [0.1, 0.15) is 0 Å². The summed E-state index contributed by atoms with van der Waals surface area (Å²) in [7, 11) is 0. The molecule has 0 spiro atoms. The average molecular weight is 332 g/mol. The molecule has 0 heterocycles. The lowest BCUT2D eigenvalue weighted by Crippen LogP contribution is -2.33. The van der Waals surface area contributed by atoms with Crippen molar-refractivity contribution in [2.45, 2.75) is 70.8 Å². The first-order valence-electron chi connectivity index (χ1n) is 7.70. The summed E-state index contributed by atoms with van der Waals surface area (Å²) < 4.78 is 0. The van der Waals surface area contributed by atoms with Gasteiger partial charge < -0.3 is 21.3 Å². The summed E-state index contributed by atoms with van der Waals surface area (Å²) in [6.07, 6.45) is 5.83. The fraction of sp³-hybridized carbons (Fsp3) is 0.733. The van der Waals surface area contributed by atoms with E-state index in [4.69, 9.17) is 20.7 Å². The van der Waals surface area contributed by atoms with E-state index in [1.807, 2.05) is 6.92 Å². The maximum Gasteiger partial charge on any atom is 0.303 e. The Morgan fingerprint density at radius 2 is 1.52 bits per heavy atom. The molecule has 0 fully saturated rings. The summed E-state index contributed by atoms with van der Waals surface area (Å²) in [6, 6.07) is -0.0365. The maximum atomic E-state index is 11.6. The molecule has 8 heteroatoms. The largest absolute Gasteiger partial charge is 0.483 e. The van der Waals surface area contributed by atoms with Gasteiger partial charge in [0, 0.05) is 25.3 Å². The van der Waals surface area contributed by atoms with Gasteiger partial charge in [-0.2, -0.15) is 0 Å². The van der Waals surface area contributed by atoms with Crippen molar-refractivity contribution in [2.75, 3.05) is 0 Å². The molecule has 0 aromatic heterocycles. The number of carboxylic acids is 1. The zero-order chi connectivity index (χ0) is 18.1. The number of nitrogens with one attached hydrogen (secondary N) is 1. The normalized spacial score (nSPS) is 10.8. The lowest BCUT2D eigenvalue weighted by atomic mass is 10.1. The number of aliphatic carboxylic acids is 1. The van der Waals surface area contributed by atoms with Gasteiger partial charge in [-0.25, -0.2) is 0 Å². The summed E-state index contributed by atoms with van der Waals surface area (Å²) >= 11 is 0. The minimum absolute atomic E-state index is 0.00694. The molecule has 0 rings (SSSR count). The first-order chi connectivity index (χ1) is 10.8. The highest BCUT2D eigenvalue weighted by atomic mass is 16.4. The first-order valence-corrected chi connectivity index (χ1v) is 7.70. The van der Waals surface area contributed by atoms with Crippen LogP contribution in [0.5, 0.6) is 0 Å². The fourth-order valence-electron chi connectivity index (χ4n) is 1.87. The van der Waals surface area contributed by atoms with E-state index in [2.05, 4.69) is 5.32 Å². The molecule has 23 heavy (non-hydrogen) atoms. The Labute approximate surface area is 136 Å². The summed E-state index contributed by atoms with van der Waals surface area (Å²) in [5, 5.41) is 18.2. The third kappa shape index (κ3) is 22.3. The predicted octanol–water partition coefficient (Wildman–Crippen LogP) is 1.27. The van der Waals surface area contributed by atoms with Crippen LogP contribution in [0.1, 0.15) is 64.7 Å². The standard InChI is InChI=1S/C14H26N2O4.CH2O2/c1-11(9-10-12(15)17)16-13(18)7-5-3-2-4-6-8-14(19)20;2-1-3/h11H,2-10H2,1H3,(H2,15,17)(H,16,18)(H,19,20);1H,(H,2,3)/t11-;/m1./s1. The van der Waals surface area contributed by atoms with Crippen LogP contribution in [0.4, 0.5) is 0 Å². The summed E-state index contributed by atoms with van der Waals surface area (Å²) in [5.74, 6) is -1.12. The molecule has 0 aliphatic heterocycles. The van der Waals surface area contributed by atoms with E-state index in [9.17, 15) is 14.4 Å². The number of hydrogen-bond acceptors (Lipinski definition) is 4. The first kappa shape index (κ1) is 23.2. The van der Waals surface area contributed by atoms with E-state index in [0.29, 0.717) is 19.3 Å². The summed E-state index contributed by atoms with van der Waals surface area (Å²) in [5.41, 5.74) is 5.04. The number of rotatable bonds is 12. The fourth-order valence-corrected chi connectivity index (χ4v) is 1.87. The summed E-state index contributed by atoms with van der Waals surface area (Å²) in [6.45, 7) is 1.60. The van der Waals surface area contributed by atoms with Crippen molar-refractivity contribution >= 4 is 24.3 Å². The smallest absolute Gasteiger partial charge is 0.303 e. The second-order valence-corrected chi connectivity index (χ2v) is 5.24. The van der Waals surface area contributed by atoms with Crippen LogP contribution >= 0.6 is 0 Å². The van der Waals surface area contributed by atoms with Gasteiger partial charge in [0.25, 0.3) is 6.47 Å². The van der Waals surface area contributed by atoms with Crippen molar-refractivity contribution in [2.24, 2.45) is 5.73 Å². The monoisotopic (exact) mass is 332 g/mol. The van der Waals surface area contributed by atoms with Crippen LogP contribution in [-0.2, 0) is 19.2 Å². The number of carbonyl (C=O) groups is 4. The van der Waals surface area contributed by atoms with Crippen molar-refractivity contribution in [3.8, 4) is 0 Å². The third-order valence-corrected chi connectivity index (χ3v) is 3.03. The number of amides is 2. The summed E-state index contributed by atoms with van der Waals surface area (Å²) in [4.78, 5) is 40.8. The number of primary amides is 1. The van der Waals surface area contributed by atoms with Crippen molar-refractivity contribution < 1.29 is 29.4 Å². The second-order valence-electron chi connectivity index (χ2n) is 5.24. The quantitative estimate of drug-likeness (QED) is 0.312. The molecule has 8 nitrogen and oxygen atoms in total. The lowest BCUT2D eigenvalue weighted by molar-refractivity contribution is -0.137. The van der Waals surface area contributed by atoms with Crippen LogP contribution in [0.25, 0.3) is 0 Å². The Kier molecular flexibility index (Phi) is 16.4. The Balaban J connectivity index is 0. The van der Waals surface area contributed by atoms with Crippen LogP contribution in [-0.4, -0.2) is 40.5 Å². The van der Waals surface area contributed by atoms with Gasteiger partial charge in [-0.3, -0.25) is 19.2 Å². The van der Waals surface area contributed by atoms with Crippen LogP contribution in [0.2, 0.25) is 0 Å². The molecule has 0 aliphatic carbocycles. The molecule has 0 aliphatic rings. The van der Waals surface area contributed by atoms with Gasteiger partial charge >= 0.3 is 5.97 Å². The molecule has 134 valence electrons. The highest BCUT2D eigenvalue weighted by molar-refractivity contribution is 5.76. The van der Waals surface area contributed by atoms with Gasteiger partial charge in [0.05, 0.1) is 0 Å². The maximum absolute atomic E-state index is 11.6. The van der Waals surface area contributed by atoms with E-state index in [1.165, 1.54) is 0 Å². The topological polar surface area (TPSA) is 147 Å². The predicted molar refractivity (Wildman–Crippen MR) is 84.7 cm³/mol. The van der Waals surface area contributed by atoms with E-state index >= 15 is 0 Å². The van der Waals surface area contributed by atoms with Gasteiger partial charge in [-0.15, -0.1) is 0 Å². The molecule has 0 aromatic carbocycles. The van der Waals surface area contributed by atoms with Crippen LogP contribution in [0, 0.1) is 0 Å². The van der Waals surface area contributed by atoms with E-state index in [0.717, 1.165) is 25.7 Å². The van der Waals surface area contributed by atoms with Crippen LogP contribution in [0.3, 0.4) is 0 Å². The molecule has 0 bridgehead atoms. The minimum atomic E-state index is -0.755. The van der Waals surface area contributed by atoms with E-state index in [1.54, 1.807) is 0 Å². The van der Waals surface area contributed by atoms with Crippen molar-refractivity contribution in [1.29, 1.82) is 0 Å². The van der Waals surface area contributed by atoms with Gasteiger partial charge in [-0.1, -0.05) is 19.3 Å². The molecule has 2 amide bonds. The molecular formula is C15H28N2O6. The molecule has 0 saturated heterocycles. The molecule has 0 unspecified atom stereocenters. The average Bonchev–Trinajstić information content (AvgIpc) is 2.44. The van der Waals surface area contributed by atoms with E-state index in [-0.39, 0.29) is 37.2 Å². The highest BCUT2D eigenvalue weighted by Crippen LogP contribution is 2.07. The zero-order valence-corrected chi connectivity index (χ0v) is 13.6. The highest BCUT2D eigenvalue weighted by Gasteiger charge is 2.08. The molecule has 1 atom stereocenters. The number of carbonyl (C=O) groups excluding carboxylic acids is 2. The molecule has 0 radical (unpaired) electrons. The number of unbranched alkanes of at least 4 members (excludes halogenated alkanes) is 4. The van der Waals surface area contributed by atoms with Crippen molar-refractivity contribution in [1.82, 2.24) is 5.32 Å². The number of hydrogen-bond donors (Lipinski definition) is 4. The zero-order valence-electron chi connectivity index (χ0n) is 13.6. The van der Waals surface area contributed by atoms with Crippen molar-refractivity contribution in [3.63, 3.8) is 0 Å².